The summed E-state index contributed by atoms with van der Waals surface area (Å²) in [6.45, 7) is 6.08. The zero-order chi connectivity index (χ0) is 20.5. The Kier molecular flexibility index (Phi) is 5.34. The Morgan fingerprint density at radius 3 is 2.76 bits per heavy atom. The third kappa shape index (κ3) is 3.75. The molecule has 5 nitrogen and oxygen atoms in total. The number of rotatable bonds is 5. The van der Waals surface area contributed by atoms with Crippen molar-refractivity contribution in [2.75, 3.05) is 5.32 Å². The van der Waals surface area contributed by atoms with E-state index in [0.717, 1.165) is 27.3 Å². The molecule has 1 aromatic carbocycles. The second-order valence-electron chi connectivity index (χ2n) is 7.23. The normalized spacial score (nSPS) is 11.3. The van der Waals surface area contributed by atoms with Crippen LogP contribution in [0.5, 0.6) is 0 Å². The number of nitrogens with one attached hydrogen (secondary N) is 1. The van der Waals surface area contributed by atoms with E-state index in [0.29, 0.717) is 10.2 Å². The van der Waals surface area contributed by atoms with Crippen LogP contribution in [0.2, 0.25) is 0 Å². The monoisotopic (exact) mass is 423 g/mol. The highest BCUT2D eigenvalue weighted by atomic mass is 32.1. The fourth-order valence-electron chi connectivity index (χ4n) is 3.37. The van der Waals surface area contributed by atoms with E-state index in [-0.39, 0.29) is 23.9 Å². The standard InChI is InChI=1S/C22H21N3O2S2/c1-13(2)15-7-4-6-14(3)20(15)24-18(26)10-25-12-23-21-19(22(25)27)16(11-29-21)17-8-5-9-28-17/h4-9,11-13H,10H2,1-3H3,(H,24,26). The number of carbonyl (C=O) groups excluding carboxylic acids is 1. The number of aromatic nitrogens is 2. The number of benzene rings is 1. The Labute approximate surface area is 176 Å². The molecule has 0 bridgehead atoms. The quantitative estimate of drug-likeness (QED) is 0.476. The molecule has 4 aromatic rings. The summed E-state index contributed by atoms with van der Waals surface area (Å²) in [6, 6.07) is 9.93. The summed E-state index contributed by atoms with van der Waals surface area (Å²) >= 11 is 3.03. The summed E-state index contributed by atoms with van der Waals surface area (Å²) in [7, 11) is 0. The zero-order valence-corrected chi connectivity index (χ0v) is 18.1. The maximum atomic E-state index is 13.1. The molecular formula is C22H21N3O2S2. The number of hydrogen-bond donors (Lipinski definition) is 1. The minimum atomic E-state index is -0.239. The lowest BCUT2D eigenvalue weighted by molar-refractivity contribution is -0.116. The van der Waals surface area contributed by atoms with Gasteiger partial charge in [0, 0.05) is 21.5 Å². The minimum absolute atomic E-state index is 0.0760. The van der Waals surface area contributed by atoms with Crippen LogP contribution >= 0.6 is 22.7 Å². The van der Waals surface area contributed by atoms with Gasteiger partial charge >= 0.3 is 0 Å². The van der Waals surface area contributed by atoms with Crippen molar-refractivity contribution in [2.45, 2.75) is 33.2 Å². The van der Waals surface area contributed by atoms with Gasteiger partial charge in [-0.25, -0.2) is 4.98 Å². The molecule has 0 radical (unpaired) electrons. The third-order valence-corrected chi connectivity index (χ3v) is 6.64. The SMILES string of the molecule is Cc1cccc(C(C)C)c1NC(=O)Cn1cnc2scc(-c3cccs3)c2c1=O. The van der Waals surface area contributed by atoms with Gasteiger partial charge in [-0.2, -0.15) is 0 Å². The fourth-order valence-corrected chi connectivity index (χ4v) is 5.09. The van der Waals surface area contributed by atoms with Crippen molar-refractivity contribution in [3.05, 3.63) is 68.9 Å². The lowest BCUT2D eigenvalue weighted by Crippen LogP contribution is -2.28. The molecule has 0 fully saturated rings. The second kappa shape index (κ2) is 7.93. The Bertz CT molecular complexity index is 1240. The molecule has 3 aromatic heterocycles. The molecule has 0 saturated carbocycles. The first-order chi connectivity index (χ1) is 14.0. The predicted octanol–water partition coefficient (Wildman–Crippen LogP) is 5.26. The minimum Gasteiger partial charge on any atom is -0.324 e. The van der Waals surface area contributed by atoms with Crippen molar-refractivity contribution in [1.29, 1.82) is 0 Å². The second-order valence-corrected chi connectivity index (χ2v) is 9.03. The highest BCUT2D eigenvalue weighted by Crippen LogP contribution is 2.33. The molecule has 0 spiro atoms. The van der Waals surface area contributed by atoms with Crippen molar-refractivity contribution >= 4 is 44.5 Å². The van der Waals surface area contributed by atoms with Gasteiger partial charge in [-0.3, -0.25) is 14.2 Å². The molecular weight excluding hydrogens is 402 g/mol. The van der Waals surface area contributed by atoms with Gasteiger partial charge in [0.25, 0.3) is 5.56 Å². The number of thiophene rings is 2. The molecule has 0 unspecified atom stereocenters. The van der Waals surface area contributed by atoms with Crippen LogP contribution in [-0.4, -0.2) is 15.5 Å². The Hall–Kier alpha value is -2.77. The summed E-state index contributed by atoms with van der Waals surface area (Å²) in [5.74, 6) is 0.0439. The zero-order valence-electron chi connectivity index (χ0n) is 16.4. The van der Waals surface area contributed by atoms with Gasteiger partial charge in [0.15, 0.2) is 0 Å². The molecule has 4 rings (SSSR count). The van der Waals surface area contributed by atoms with Crippen LogP contribution in [-0.2, 0) is 11.3 Å². The molecule has 148 valence electrons. The van der Waals surface area contributed by atoms with Gasteiger partial charge in [-0.1, -0.05) is 38.1 Å². The smallest absolute Gasteiger partial charge is 0.263 e. The van der Waals surface area contributed by atoms with Crippen molar-refractivity contribution in [3.63, 3.8) is 0 Å². The van der Waals surface area contributed by atoms with Crippen LogP contribution in [0.25, 0.3) is 20.7 Å². The predicted molar refractivity (Wildman–Crippen MR) is 121 cm³/mol. The lowest BCUT2D eigenvalue weighted by Gasteiger charge is -2.16. The number of carbonyl (C=O) groups is 1. The average Bonchev–Trinajstić information content (AvgIpc) is 3.35. The van der Waals surface area contributed by atoms with Crippen LogP contribution < -0.4 is 10.9 Å². The molecule has 29 heavy (non-hydrogen) atoms. The molecule has 0 atom stereocenters. The number of para-hydroxylation sites is 1. The Balaban J connectivity index is 1.66. The number of aryl methyl sites for hydroxylation is 1. The highest BCUT2D eigenvalue weighted by Gasteiger charge is 2.17. The molecule has 0 saturated heterocycles. The molecule has 1 amide bonds. The van der Waals surface area contributed by atoms with E-state index >= 15 is 0 Å². The van der Waals surface area contributed by atoms with Crippen LogP contribution in [0.4, 0.5) is 5.69 Å². The van der Waals surface area contributed by atoms with Crippen LogP contribution in [0, 0.1) is 6.92 Å². The van der Waals surface area contributed by atoms with Crippen LogP contribution in [0.3, 0.4) is 0 Å². The van der Waals surface area contributed by atoms with E-state index < -0.39 is 0 Å². The van der Waals surface area contributed by atoms with Crippen LogP contribution in [0.1, 0.15) is 30.9 Å². The summed E-state index contributed by atoms with van der Waals surface area (Å²) in [6.07, 6.45) is 1.46. The molecule has 7 heteroatoms. The van der Waals surface area contributed by atoms with Gasteiger partial charge in [-0.05, 0) is 35.4 Å². The van der Waals surface area contributed by atoms with E-state index in [9.17, 15) is 9.59 Å². The molecule has 0 aliphatic carbocycles. The Morgan fingerprint density at radius 2 is 2.03 bits per heavy atom. The van der Waals surface area contributed by atoms with E-state index in [4.69, 9.17) is 0 Å². The number of nitrogens with zero attached hydrogens (tertiary/aromatic N) is 2. The van der Waals surface area contributed by atoms with Crippen LogP contribution in [0.15, 0.2) is 52.2 Å². The molecule has 0 aliphatic heterocycles. The highest BCUT2D eigenvalue weighted by molar-refractivity contribution is 7.18. The fraction of sp³-hybridized carbons (Fsp3) is 0.227. The van der Waals surface area contributed by atoms with Crippen molar-refractivity contribution in [2.24, 2.45) is 0 Å². The summed E-state index contributed by atoms with van der Waals surface area (Å²) < 4.78 is 1.38. The van der Waals surface area contributed by atoms with E-state index in [1.54, 1.807) is 11.3 Å². The number of hydrogen-bond acceptors (Lipinski definition) is 5. The van der Waals surface area contributed by atoms with Gasteiger partial charge in [0.2, 0.25) is 5.91 Å². The van der Waals surface area contributed by atoms with Crippen molar-refractivity contribution in [1.82, 2.24) is 9.55 Å². The van der Waals surface area contributed by atoms with Crippen molar-refractivity contribution in [3.8, 4) is 10.4 Å². The average molecular weight is 424 g/mol. The van der Waals surface area contributed by atoms with E-state index in [1.165, 1.54) is 22.2 Å². The number of anilines is 1. The molecule has 3 heterocycles. The van der Waals surface area contributed by atoms with Gasteiger partial charge in [0.05, 0.1) is 11.7 Å². The van der Waals surface area contributed by atoms with Crippen molar-refractivity contribution < 1.29 is 4.79 Å². The summed E-state index contributed by atoms with van der Waals surface area (Å²) in [5.41, 5.74) is 3.60. The van der Waals surface area contributed by atoms with Gasteiger partial charge in [-0.15, -0.1) is 22.7 Å². The Morgan fingerprint density at radius 1 is 1.21 bits per heavy atom. The van der Waals surface area contributed by atoms with Gasteiger partial charge < -0.3 is 5.32 Å². The van der Waals surface area contributed by atoms with E-state index in [2.05, 4.69) is 24.1 Å². The lowest BCUT2D eigenvalue weighted by atomic mass is 9.98. The first kappa shape index (κ1) is 19.5. The molecule has 1 N–H and O–H groups in total. The third-order valence-electron chi connectivity index (χ3n) is 4.85. The largest absolute Gasteiger partial charge is 0.324 e. The maximum Gasteiger partial charge on any atom is 0.263 e. The van der Waals surface area contributed by atoms with E-state index in [1.807, 2.05) is 48.0 Å². The number of amides is 1. The number of fused-ring (bicyclic) bond motifs is 1. The van der Waals surface area contributed by atoms with Gasteiger partial charge in [0.1, 0.15) is 11.4 Å². The maximum absolute atomic E-state index is 13.1. The topological polar surface area (TPSA) is 64.0 Å². The summed E-state index contributed by atoms with van der Waals surface area (Å²) in [4.78, 5) is 32.0. The first-order valence-electron chi connectivity index (χ1n) is 9.35. The molecule has 0 aliphatic rings. The first-order valence-corrected chi connectivity index (χ1v) is 11.1. The summed E-state index contributed by atoms with van der Waals surface area (Å²) in [5, 5.41) is 7.51.